The van der Waals surface area contributed by atoms with Gasteiger partial charge in [0.1, 0.15) is 0 Å². The van der Waals surface area contributed by atoms with Crippen LogP contribution in [0.4, 0.5) is 0 Å². The molecule has 0 bridgehead atoms. The largest absolute Gasteiger partial charge is 0.322 e. The summed E-state index contributed by atoms with van der Waals surface area (Å²) in [4.78, 5) is 0. The van der Waals surface area contributed by atoms with Crippen LogP contribution in [0.5, 0.6) is 0 Å². The molecule has 2 N–H and O–H groups in total. The van der Waals surface area contributed by atoms with E-state index in [4.69, 9.17) is 5.73 Å². The van der Waals surface area contributed by atoms with E-state index >= 15 is 0 Å². The molecule has 17 heavy (non-hydrogen) atoms. The smallest absolute Gasteiger partial charge is 0.0914 e. The molecule has 0 aliphatic carbocycles. The molecule has 2 aromatic rings. The van der Waals surface area contributed by atoms with E-state index in [9.17, 15) is 0 Å². The molecule has 2 rings (SSSR count). The summed E-state index contributed by atoms with van der Waals surface area (Å²) in [7, 11) is 1.94. The quantitative estimate of drug-likeness (QED) is 0.934. The third-order valence-electron chi connectivity index (χ3n) is 2.67. The van der Waals surface area contributed by atoms with Gasteiger partial charge in [-0.05, 0) is 22.4 Å². The predicted octanol–water partition coefficient (Wildman–Crippen LogP) is 1.84. The summed E-state index contributed by atoms with van der Waals surface area (Å²) in [5.74, 6) is 0. The zero-order chi connectivity index (χ0) is 12.4. The van der Waals surface area contributed by atoms with Gasteiger partial charge in [-0.1, -0.05) is 6.92 Å². The van der Waals surface area contributed by atoms with E-state index in [0.29, 0.717) is 6.42 Å². The van der Waals surface area contributed by atoms with Crippen molar-refractivity contribution in [3.63, 3.8) is 0 Å². The molecule has 92 valence electrons. The van der Waals surface area contributed by atoms with Gasteiger partial charge >= 0.3 is 0 Å². The van der Waals surface area contributed by atoms with Crippen LogP contribution in [0.25, 0.3) is 0 Å². The molecule has 0 saturated heterocycles. The SMILES string of the molecule is CCc1nn(C)c(CC(N)c2cnsn2)c1Br. The fourth-order valence-electron chi connectivity index (χ4n) is 1.69. The number of aromatic nitrogens is 4. The Kier molecular flexibility index (Phi) is 3.90. The first-order valence-electron chi connectivity index (χ1n) is 5.36. The second-order valence-corrected chi connectivity index (χ2v) is 5.18. The maximum Gasteiger partial charge on any atom is 0.0914 e. The van der Waals surface area contributed by atoms with Gasteiger partial charge in [-0.25, -0.2) is 0 Å². The lowest BCUT2D eigenvalue weighted by Crippen LogP contribution is -2.16. The Morgan fingerprint density at radius 3 is 2.88 bits per heavy atom. The molecule has 2 heterocycles. The van der Waals surface area contributed by atoms with Crippen molar-refractivity contribution >= 4 is 27.7 Å². The van der Waals surface area contributed by atoms with E-state index in [2.05, 4.69) is 36.7 Å². The standard InChI is InChI=1S/C10H14BrN5S/c1-3-7-10(11)9(16(2)14-7)4-6(12)8-5-13-17-15-8/h5-6H,3-4,12H2,1-2H3. The van der Waals surface area contributed by atoms with Crippen LogP contribution in [0.15, 0.2) is 10.7 Å². The van der Waals surface area contributed by atoms with Crippen molar-refractivity contribution in [3.8, 4) is 0 Å². The molecule has 1 unspecified atom stereocenters. The van der Waals surface area contributed by atoms with Crippen molar-refractivity contribution in [2.24, 2.45) is 12.8 Å². The molecule has 0 aliphatic rings. The number of aryl methyl sites for hydroxylation is 2. The van der Waals surface area contributed by atoms with E-state index in [0.717, 1.165) is 28.0 Å². The van der Waals surface area contributed by atoms with E-state index < -0.39 is 0 Å². The molecule has 0 aliphatic heterocycles. The van der Waals surface area contributed by atoms with Gasteiger partial charge in [-0.15, -0.1) is 0 Å². The van der Waals surface area contributed by atoms with Gasteiger partial charge in [0.2, 0.25) is 0 Å². The molecule has 0 radical (unpaired) electrons. The summed E-state index contributed by atoms with van der Waals surface area (Å²) in [6.45, 7) is 2.08. The molecule has 0 fully saturated rings. The number of nitrogens with two attached hydrogens (primary N) is 1. The maximum absolute atomic E-state index is 6.10. The van der Waals surface area contributed by atoms with Crippen molar-refractivity contribution in [2.45, 2.75) is 25.8 Å². The highest BCUT2D eigenvalue weighted by Gasteiger charge is 2.17. The first-order valence-corrected chi connectivity index (χ1v) is 6.89. The summed E-state index contributed by atoms with van der Waals surface area (Å²) < 4.78 is 11.1. The Balaban J connectivity index is 2.21. The molecular formula is C10H14BrN5S. The molecule has 0 amide bonds. The summed E-state index contributed by atoms with van der Waals surface area (Å²) in [6, 6.07) is -0.134. The summed E-state index contributed by atoms with van der Waals surface area (Å²) >= 11 is 4.76. The van der Waals surface area contributed by atoms with Gasteiger partial charge in [0.25, 0.3) is 0 Å². The average Bonchev–Trinajstić information content (AvgIpc) is 2.92. The van der Waals surface area contributed by atoms with Gasteiger partial charge < -0.3 is 5.73 Å². The minimum Gasteiger partial charge on any atom is -0.322 e. The second-order valence-electron chi connectivity index (χ2n) is 3.83. The van der Waals surface area contributed by atoms with Crippen molar-refractivity contribution in [1.82, 2.24) is 18.5 Å². The molecular weight excluding hydrogens is 302 g/mol. The summed E-state index contributed by atoms with van der Waals surface area (Å²) in [5, 5.41) is 4.44. The highest BCUT2D eigenvalue weighted by Crippen LogP contribution is 2.25. The van der Waals surface area contributed by atoms with Crippen molar-refractivity contribution in [3.05, 3.63) is 27.8 Å². The summed E-state index contributed by atoms with van der Waals surface area (Å²) in [5.41, 5.74) is 9.10. The monoisotopic (exact) mass is 315 g/mol. The first-order chi connectivity index (χ1) is 8.13. The zero-order valence-electron chi connectivity index (χ0n) is 9.72. The van der Waals surface area contributed by atoms with Gasteiger partial charge in [-0.3, -0.25) is 4.68 Å². The Labute approximate surface area is 112 Å². The lowest BCUT2D eigenvalue weighted by Gasteiger charge is -2.08. The van der Waals surface area contributed by atoms with Crippen molar-refractivity contribution < 1.29 is 0 Å². The van der Waals surface area contributed by atoms with E-state index in [1.165, 1.54) is 11.7 Å². The summed E-state index contributed by atoms with van der Waals surface area (Å²) in [6.07, 6.45) is 3.33. The second kappa shape index (κ2) is 5.24. The lowest BCUT2D eigenvalue weighted by molar-refractivity contribution is 0.629. The van der Waals surface area contributed by atoms with Crippen LogP contribution < -0.4 is 5.73 Å². The van der Waals surface area contributed by atoms with Gasteiger partial charge in [0, 0.05) is 13.5 Å². The van der Waals surface area contributed by atoms with Crippen LogP contribution in [0.1, 0.15) is 30.0 Å². The third-order valence-corrected chi connectivity index (χ3v) is 4.08. The molecule has 0 saturated carbocycles. The Morgan fingerprint density at radius 1 is 1.59 bits per heavy atom. The maximum atomic E-state index is 6.10. The number of hydrogen-bond acceptors (Lipinski definition) is 5. The van der Waals surface area contributed by atoms with Gasteiger partial charge in [0.05, 0.1) is 45.5 Å². The molecule has 0 spiro atoms. The fraction of sp³-hybridized carbons (Fsp3) is 0.500. The van der Waals surface area contributed by atoms with Crippen LogP contribution in [-0.4, -0.2) is 18.5 Å². The fourth-order valence-corrected chi connectivity index (χ4v) is 2.95. The first kappa shape index (κ1) is 12.7. The number of rotatable bonds is 4. The molecule has 7 heteroatoms. The van der Waals surface area contributed by atoms with Gasteiger partial charge in [-0.2, -0.15) is 13.8 Å². The molecule has 2 aromatic heterocycles. The zero-order valence-corrected chi connectivity index (χ0v) is 12.1. The topological polar surface area (TPSA) is 69.6 Å². The lowest BCUT2D eigenvalue weighted by atomic mass is 10.1. The molecule has 5 nitrogen and oxygen atoms in total. The average molecular weight is 316 g/mol. The Morgan fingerprint density at radius 2 is 2.35 bits per heavy atom. The number of halogens is 1. The number of nitrogens with zero attached hydrogens (tertiary/aromatic N) is 4. The van der Waals surface area contributed by atoms with E-state index in [-0.39, 0.29) is 6.04 Å². The van der Waals surface area contributed by atoms with Crippen LogP contribution in [-0.2, 0) is 19.9 Å². The van der Waals surface area contributed by atoms with Crippen LogP contribution in [0.2, 0.25) is 0 Å². The van der Waals surface area contributed by atoms with Crippen molar-refractivity contribution in [1.29, 1.82) is 0 Å². The third kappa shape index (κ3) is 2.56. The predicted molar refractivity (Wildman–Crippen MR) is 70.8 cm³/mol. The Bertz CT molecular complexity index is 493. The molecule has 0 aromatic carbocycles. The van der Waals surface area contributed by atoms with Crippen LogP contribution >= 0.6 is 27.7 Å². The highest BCUT2D eigenvalue weighted by molar-refractivity contribution is 9.10. The minimum absolute atomic E-state index is 0.134. The van der Waals surface area contributed by atoms with E-state index in [1.807, 2.05) is 11.7 Å². The molecule has 1 atom stereocenters. The minimum atomic E-state index is -0.134. The Hall–Kier alpha value is -0.790. The van der Waals surface area contributed by atoms with Gasteiger partial charge in [0.15, 0.2) is 0 Å². The van der Waals surface area contributed by atoms with E-state index in [1.54, 1.807) is 6.20 Å². The van der Waals surface area contributed by atoms with Crippen molar-refractivity contribution in [2.75, 3.05) is 0 Å². The van der Waals surface area contributed by atoms with Crippen LogP contribution in [0, 0.1) is 0 Å². The normalized spacial score (nSPS) is 12.9. The van der Waals surface area contributed by atoms with Crippen LogP contribution in [0.3, 0.4) is 0 Å². The highest BCUT2D eigenvalue weighted by atomic mass is 79.9. The number of hydrogen-bond donors (Lipinski definition) is 1.